The second-order valence-electron chi connectivity index (χ2n) is 5.49. The summed E-state index contributed by atoms with van der Waals surface area (Å²) in [6.07, 6.45) is -2.20. The van der Waals surface area contributed by atoms with Gasteiger partial charge in [0.15, 0.2) is 0 Å². The summed E-state index contributed by atoms with van der Waals surface area (Å²) in [5.74, 6) is -0.317. The number of hydrogen-bond donors (Lipinski definition) is 2. The number of benzene rings is 1. The number of alkyl halides is 3. The molecule has 0 spiro atoms. The van der Waals surface area contributed by atoms with Crippen molar-refractivity contribution < 1.29 is 13.2 Å². The van der Waals surface area contributed by atoms with Crippen LogP contribution < -0.4 is 10.6 Å². The van der Waals surface area contributed by atoms with E-state index in [1.54, 1.807) is 24.0 Å². The highest BCUT2D eigenvalue weighted by Gasteiger charge is 2.35. The number of fused-ring (bicyclic) bond motifs is 1. The molecular weight excluding hydrogens is 347 g/mol. The molecule has 0 aliphatic heterocycles. The first-order chi connectivity index (χ1) is 12.3. The summed E-state index contributed by atoms with van der Waals surface area (Å²) in [6, 6.07) is 3.58. The van der Waals surface area contributed by atoms with E-state index in [0.717, 1.165) is 22.7 Å². The Morgan fingerprint density at radius 3 is 2.69 bits per heavy atom. The molecule has 2 heterocycles. The Morgan fingerprint density at radius 1 is 1.27 bits per heavy atom. The van der Waals surface area contributed by atoms with Gasteiger partial charge in [-0.05, 0) is 12.1 Å². The van der Waals surface area contributed by atoms with E-state index in [0.29, 0.717) is 5.69 Å². The SMILES string of the molecule is [C-]#[N+]Cc1cc(Nc2ncc(C(F)(F)F)c(NC)n2)c2cnn(C)c2c1. The third-order valence-electron chi connectivity index (χ3n) is 3.77. The maximum Gasteiger partial charge on any atom is 0.421 e. The van der Waals surface area contributed by atoms with Crippen LogP contribution in [0.5, 0.6) is 0 Å². The van der Waals surface area contributed by atoms with Crippen molar-refractivity contribution in [1.82, 2.24) is 19.7 Å². The van der Waals surface area contributed by atoms with Gasteiger partial charge in [-0.3, -0.25) is 4.68 Å². The molecule has 0 aliphatic rings. The van der Waals surface area contributed by atoms with Crippen LogP contribution in [-0.4, -0.2) is 26.8 Å². The average Bonchev–Trinajstić information content (AvgIpc) is 2.95. The van der Waals surface area contributed by atoms with E-state index < -0.39 is 11.7 Å². The van der Waals surface area contributed by atoms with Crippen LogP contribution in [0.1, 0.15) is 11.1 Å². The predicted octanol–water partition coefficient (Wildman–Crippen LogP) is 3.59. The number of halogens is 3. The summed E-state index contributed by atoms with van der Waals surface area (Å²) < 4.78 is 40.5. The molecule has 7 nitrogen and oxygen atoms in total. The van der Waals surface area contributed by atoms with E-state index in [1.807, 2.05) is 6.07 Å². The largest absolute Gasteiger partial charge is 0.421 e. The van der Waals surface area contributed by atoms with Gasteiger partial charge in [0, 0.05) is 31.2 Å². The standard InChI is InChI=1S/C16H14F3N7/c1-20-6-9-4-12(10-7-23-26(3)13(10)5-9)24-15-22-8-11(16(17,18)19)14(21-2)25-15/h4-5,7-8H,6H2,2-3H3,(H2,21,22,24,25). The number of rotatable bonds is 4. The number of anilines is 3. The summed E-state index contributed by atoms with van der Waals surface area (Å²) in [4.78, 5) is 11.0. The van der Waals surface area contributed by atoms with Crippen molar-refractivity contribution in [1.29, 1.82) is 0 Å². The lowest BCUT2D eigenvalue weighted by Gasteiger charge is -2.13. The second kappa shape index (κ2) is 6.51. The van der Waals surface area contributed by atoms with Gasteiger partial charge in [-0.1, -0.05) is 0 Å². The molecule has 2 aromatic heterocycles. The monoisotopic (exact) mass is 361 g/mol. The predicted molar refractivity (Wildman–Crippen MR) is 90.9 cm³/mol. The lowest BCUT2D eigenvalue weighted by atomic mass is 10.1. The zero-order chi connectivity index (χ0) is 18.9. The van der Waals surface area contributed by atoms with Crippen LogP contribution in [0.25, 0.3) is 15.7 Å². The Balaban J connectivity index is 2.05. The van der Waals surface area contributed by atoms with Crippen molar-refractivity contribution in [2.75, 3.05) is 17.7 Å². The molecule has 0 atom stereocenters. The smallest absolute Gasteiger partial charge is 0.372 e. The van der Waals surface area contributed by atoms with Crippen molar-refractivity contribution in [3.05, 3.63) is 47.1 Å². The van der Waals surface area contributed by atoms with Gasteiger partial charge in [0.05, 0.1) is 17.4 Å². The molecule has 0 saturated carbocycles. The number of aromatic nitrogens is 4. The fourth-order valence-electron chi connectivity index (χ4n) is 2.55. The fraction of sp³-hybridized carbons (Fsp3) is 0.250. The molecule has 0 amide bonds. The minimum absolute atomic E-state index is 0.00691. The van der Waals surface area contributed by atoms with E-state index in [1.165, 1.54) is 7.05 Å². The van der Waals surface area contributed by atoms with Crippen molar-refractivity contribution in [2.45, 2.75) is 12.7 Å². The molecule has 0 radical (unpaired) electrons. The van der Waals surface area contributed by atoms with Crippen molar-refractivity contribution in [2.24, 2.45) is 7.05 Å². The normalized spacial score (nSPS) is 11.4. The van der Waals surface area contributed by atoms with E-state index in [4.69, 9.17) is 6.57 Å². The first-order valence-corrected chi connectivity index (χ1v) is 7.50. The van der Waals surface area contributed by atoms with Crippen LogP contribution in [0.4, 0.5) is 30.6 Å². The highest BCUT2D eigenvalue weighted by Crippen LogP contribution is 2.34. The Hall–Kier alpha value is -3.35. The van der Waals surface area contributed by atoms with Gasteiger partial charge in [0.2, 0.25) is 12.5 Å². The third-order valence-corrected chi connectivity index (χ3v) is 3.77. The fourth-order valence-corrected chi connectivity index (χ4v) is 2.55. The second-order valence-corrected chi connectivity index (χ2v) is 5.49. The molecule has 26 heavy (non-hydrogen) atoms. The molecule has 0 fully saturated rings. The van der Waals surface area contributed by atoms with Crippen LogP contribution in [0.15, 0.2) is 24.5 Å². The third kappa shape index (κ3) is 3.23. The Morgan fingerprint density at radius 2 is 2.04 bits per heavy atom. The number of nitrogens with zero attached hydrogens (tertiary/aromatic N) is 5. The Kier molecular flexibility index (Phi) is 4.38. The van der Waals surface area contributed by atoms with Crippen LogP contribution in [0, 0.1) is 6.57 Å². The molecule has 0 unspecified atom stereocenters. The summed E-state index contributed by atoms with van der Waals surface area (Å²) >= 11 is 0. The molecule has 3 aromatic rings. The topological polar surface area (TPSA) is 72.0 Å². The van der Waals surface area contributed by atoms with Crippen molar-refractivity contribution >= 4 is 28.4 Å². The van der Waals surface area contributed by atoms with Gasteiger partial charge < -0.3 is 15.5 Å². The summed E-state index contributed by atoms with van der Waals surface area (Å²) in [5.41, 5.74) is 1.16. The van der Waals surface area contributed by atoms with Crippen LogP contribution in [0.2, 0.25) is 0 Å². The van der Waals surface area contributed by atoms with Gasteiger partial charge in [0.1, 0.15) is 11.4 Å². The molecular formula is C16H14F3N7. The molecule has 2 N–H and O–H groups in total. The number of aryl methyl sites for hydroxylation is 1. The van der Waals surface area contributed by atoms with Gasteiger partial charge in [0.25, 0.3) is 0 Å². The van der Waals surface area contributed by atoms with Crippen LogP contribution in [0.3, 0.4) is 0 Å². The molecule has 134 valence electrons. The molecule has 0 aliphatic carbocycles. The molecule has 0 bridgehead atoms. The summed E-state index contributed by atoms with van der Waals surface area (Å²) in [7, 11) is 3.12. The lowest BCUT2D eigenvalue weighted by molar-refractivity contribution is -0.137. The number of nitrogens with one attached hydrogen (secondary N) is 2. The molecule has 1 aromatic carbocycles. The Labute approximate surface area is 146 Å². The zero-order valence-electron chi connectivity index (χ0n) is 13.9. The lowest BCUT2D eigenvalue weighted by Crippen LogP contribution is -2.12. The maximum atomic E-state index is 13.0. The van der Waals surface area contributed by atoms with Gasteiger partial charge in [-0.2, -0.15) is 23.3 Å². The summed E-state index contributed by atoms with van der Waals surface area (Å²) in [5, 5.41) is 10.3. The maximum absolute atomic E-state index is 13.0. The van der Waals surface area contributed by atoms with Crippen LogP contribution >= 0.6 is 0 Å². The quantitative estimate of drug-likeness (QED) is 0.695. The van der Waals surface area contributed by atoms with E-state index in [2.05, 4.69) is 30.5 Å². The van der Waals surface area contributed by atoms with Gasteiger partial charge in [-0.15, -0.1) is 0 Å². The van der Waals surface area contributed by atoms with Crippen molar-refractivity contribution in [3.8, 4) is 0 Å². The van der Waals surface area contributed by atoms with Crippen LogP contribution in [-0.2, 0) is 19.8 Å². The summed E-state index contributed by atoms with van der Waals surface area (Å²) in [6.45, 7) is 7.21. The van der Waals surface area contributed by atoms with Gasteiger partial charge in [-0.25, -0.2) is 11.6 Å². The molecule has 0 saturated heterocycles. The molecule has 3 rings (SSSR count). The van der Waals surface area contributed by atoms with E-state index in [-0.39, 0.29) is 18.3 Å². The molecule has 10 heteroatoms. The van der Waals surface area contributed by atoms with E-state index >= 15 is 0 Å². The first-order valence-electron chi connectivity index (χ1n) is 7.50. The minimum atomic E-state index is -4.55. The van der Waals surface area contributed by atoms with Crippen molar-refractivity contribution in [3.63, 3.8) is 0 Å². The van der Waals surface area contributed by atoms with E-state index in [9.17, 15) is 13.2 Å². The average molecular weight is 361 g/mol. The number of hydrogen-bond acceptors (Lipinski definition) is 5. The van der Waals surface area contributed by atoms with Gasteiger partial charge >= 0.3 is 6.18 Å². The highest BCUT2D eigenvalue weighted by atomic mass is 19.4. The first kappa shape index (κ1) is 17.5. The minimum Gasteiger partial charge on any atom is -0.372 e. The zero-order valence-corrected chi connectivity index (χ0v) is 13.9. The highest BCUT2D eigenvalue weighted by molar-refractivity contribution is 5.93. The Bertz CT molecular complexity index is 1000.